The summed E-state index contributed by atoms with van der Waals surface area (Å²) in [4.78, 5) is 29.2. The van der Waals surface area contributed by atoms with Crippen LogP contribution in [-0.2, 0) is 17.9 Å². The second-order valence-corrected chi connectivity index (χ2v) is 10.1. The van der Waals surface area contributed by atoms with Crippen LogP contribution in [0.25, 0.3) is 11.1 Å². The van der Waals surface area contributed by atoms with Crippen LogP contribution in [0.5, 0.6) is 5.75 Å². The zero-order valence-electron chi connectivity index (χ0n) is 20.2. The highest BCUT2D eigenvalue weighted by molar-refractivity contribution is 6.02. The van der Waals surface area contributed by atoms with E-state index in [9.17, 15) is 9.59 Å². The van der Waals surface area contributed by atoms with Gasteiger partial charge in [0.15, 0.2) is 5.58 Å². The van der Waals surface area contributed by atoms with E-state index in [4.69, 9.17) is 9.15 Å². The van der Waals surface area contributed by atoms with Gasteiger partial charge < -0.3 is 23.9 Å². The Morgan fingerprint density at radius 1 is 1.18 bits per heavy atom. The molecule has 2 aliphatic rings. The number of benzene rings is 1. The minimum absolute atomic E-state index is 0.0901. The van der Waals surface area contributed by atoms with E-state index in [0.29, 0.717) is 24.4 Å². The molecule has 1 N–H and O–H groups in total. The summed E-state index contributed by atoms with van der Waals surface area (Å²) in [5.74, 6) is 0.528. The van der Waals surface area contributed by atoms with Crippen LogP contribution in [0.3, 0.4) is 0 Å². The van der Waals surface area contributed by atoms with Gasteiger partial charge in [-0.15, -0.1) is 0 Å². The number of ether oxygens (including phenoxy) is 1. The maximum Gasteiger partial charge on any atom is 0.271 e. The van der Waals surface area contributed by atoms with Crippen molar-refractivity contribution in [3.63, 3.8) is 0 Å². The lowest BCUT2D eigenvalue weighted by atomic mass is 9.91. The maximum atomic E-state index is 13.8. The first-order chi connectivity index (χ1) is 16.3. The summed E-state index contributed by atoms with van der Waals surface area (Å²) in [5.41, 5.74) is 1.98. The number of nitrogens with one attached hydrogen (secondary N) is 1. The Bertz CT molecular complexity index is 1190. The highest BCUT2D eigenvalue weighted by Gasteiger charge is 2.48. The Morgan fingerprint density at radius 3 is 2.62 bits per heavy atom. The third-order valence-electron chi connectivity index (χ3n) is 7.11. The zero-order chi connectivity index (χ0) is 23.9. The third kappa shape index (κ3) is 4.08. The van der Waals surface area contributed by atoms with Crippen LogP contribution in [0, 0.1) is 0 Å². The second kappa shape index (κ2) is 8.85. The van der Waals surface area contributed by atoms with Gasteiger partial charge in [0.05, 0.1) is 24.4 Å². The molecule has 1 fully saturated rings. The van der Waals surface area contributed by atoms with Crippen LogP contribution in [0.1, 0.15) is 68.9 Å². The van der Waals surface area contributed by atoms with Crippen molar-refractivity contribution in [2.45, 2.75) is 83.6 Å². The molecule has 2 aromatic heterocycles. The second-order valence-electron chi connectivity index (χ2n) is 10.1. The Balaban J connectivity index is 1.47. The average molecular weight is 464 g/mol. The number of hydrogen-bond donors (Lipinski definition) is 1. The first-order valence-corrected chi connectivity index (χ1v) is 12.3. The summed E-state index contributed by atoms with van der Waals surface area (Å²) in [6, 6.07) is 11.6. The highest BCUT2D eigenvalue weighted by Crippen LogP contribution is 2.34. The molecule has 1 unspecified atom stereocenters. The lowest BCUT2D eigenvalue weighted by Crippen LogP contribution is -2.64. The maximum absolute atomic E-state index is 13.8. The molecule has 5 rings (SSSR count). The van der Waals surface area contributed by atoms with Gasteiger partial charge in [-0.3, -0.25) is 9.59 Å². The minimum atomic E-state index is -1.03. The van der Waals surface area contributed by atoms with Crippen LogP contribution < -0.4 is 10.1 Å². The SMILES string of the molecule is CC(C)Oc1ccc(CN2C(=O)c3cc4occc4n3CC2(C)C(=O)NC2CCCCC2)cc1. The molecule has 3 aromatic rings. The monoisotopic (exact) mass is 463 g/mol. The summed E-state index contributed by atoms with van der Waals surface area (Å²) in [7, 11) is 0. The molecule has 1 atom stereocenters. The van der Waals surface area contributed by atoms with E-state index < -0.39 is 5.54 Å². The van der Waals surface area contributed by atoms with Gasteiger partial charge in [0, 0.05) is 24.7 Å². The molecule has 34 heavy (non-hydrogen) atoms. The molecule has 0 saturated heterocycles. The van der Waals surface area contributed by atoms with Crippen molar-refractivity contribution in [2.24, 2.45) is 0 Å². The van der Waals surface area contributed by atoms with Crippen LogP contribution in [0.4, 0.5) is 0 Å². The van der Waals surface area contributed by atoms with Crippen LogP contribution in [0.15, 0.2) is 47.1 Å². The van der Waals surface area contributed by atoms with E-state index in [-0.39, 0.29) is 24.0 Å². The van der Waals surface area contributed by atoms with Crippen LogP contribution in [0.2, 0.25) is 0 Å². The Kier molecular flexibility index (Phi) is 5.88. The molecule has 1 saturated carbocycles. The average Bonchev–Trinajstić information content (AvgIpc) is 3.40. The third-order valence-corrected chi connectivity index (χ3v) is 7.11. The molecule has 0 bridgehead atoms. The molecule has 7 heteroatoms. The molecule has 1 aromatic carbocycles. The summed E-state index contributed by atoms with van der Waals surface area (Å²) >= 11 is 0. The molecular weight excluding hydrogens is 430 g/mol. The number of carbonyl (C=O) groups excluding carboxylic acids is 2. The first kappa shape index (κ1) is 22.6. The van der Waals surface area contributed by atoms with Crippen LogP contribution in [-0.4, -0.2) is 39.0 Å². The van der Waals surface area contributed by atoms with Crippen molar-refractivity contribution < 1.29 is 18.7 Å². The van der Waals surface area contributed by atoms with Gasteiger partial charge in [-0.25, -0.2) is 0 Å². The van der Waals surface area contributed by atoms with Gasteiger partial charge in [0.2, 0.25) is 5.91 Å². The van der Waals surface area contributed by atoms with Gasteiger partial charge in [-0.05, 0) is 51.3 Å². The predicted molar refractivity (Wildman–Crippen MR) is 130 cm³/mol. The summed E-state index contributed by atoms with van der Waals surface area (Å²) < 4.78 is 13.2. The lowest BCUT2D eigenvalue weighted by molar-refractivity contribution is -0.134. The molecule has 1 aliphatic carbocycles. The van der Waals surface area contributed by atoms with Crippen molar-refractivity contribution in [3.05, 3.63) is 53.9 Å². The topological polar surface area (TPSA) is 76.7 Å². The van der Waals surface area contributed by atoms with Crippen LogP contribution >= 0.6 is 0 Å². The van der Waals surface area contributed by atoms with Gasteiger partial charge in [-0.1, -0.05) is 31.4 Å². The molecule has 0 radical (unpaired) electrons. The quantitative estimate of drug-likeness (QED) is 0.565. The Hall–Kier alpha value is -3.22. The fourth-order valence-electron chi connectivity index (χ4n) is 5.24. The Morgan fingerprint density at radius 2 is 1.91 bits per heavy atom. The highest BCUT2D eigenvalue weighted by atomic mass is 16.5. The van der Waals surface area contributed by atoms with E-state index in [1.165, 1.54) is 6.42 Å². The van der Waals surface area contributed by atoms with Crippen molar-refractivity contribution in [1.29, 1.82) is 0 Å². The number of aromatic nitrogens is 1. The fraction of sp³-hybridized carbons (Fsp3) is 0.481. The van der Waals surface area contributed by atoms with E-state index in [0.717, 1.165) is 42.5 Å². The van der Waals surface area contributed by atoms with Crippen molar-refractivity contribution in [1.82, 2.24) is 14.8 Å². The molecular formula is C27H33N3O4. The standard InChI is InChI=1S/C27H33N3O4/c1-18(2)34-21-11-9-19(10-12-21)16-30-25(31)23-15-24-22(13-14-33-24)29(23)17-27(30,3)26(32)28-20-7-5-4-6-8-20/h9-15,18,20H,4-8,16-17H2,1-3H3,(H,28,32). The minimum Gasteiger partial charge on any atom is -0.491 e. The van der Waals surface area contributed by atoms with Crippen molar-refractivity contribution >= 4 is 22.9 Å². The largest absolute Gasteiger partial charge is 0.491 e. The summed E-state index contributed by atoms with van der Waals surface area (Å²) in [6.07, 6.45) is 7.18. The smallest absolute Gasteiger partial charge is 0.271 e. The summed E-state index contributed by atoms with van der Waals surface area (Å²) in [6.45, 7) is 6.57. The van der Waals surface area contributed by atoms with E-state index in [1.807, 2.05) is 55.7 Å². The zero-order valence-corrected chi connectivity index (χ0v) is 20.2. The summed E-state index contributed by atoms with van der Waals surface area (Å²) in [5, 5.41) is 3.27. The number of rotatable bonds is 6. The predicted octanol–water partition coefficient (Wildman–Crippen LogP) is 4.89. The Labute approximate surface area is 200 Å². The van der Waals surface area contributed by atoms with Gasteiger partial charge in [0.25, 0.3) is 5.91 Å². The first-order valence-electron chi connectivity index (χ1n) is 12.3. The molecule has 7 nitrogen and oxygen atoms in total. The number of amides is 2. The molecule has 0 spiro atoms. The molecule has 3 heterocycles. The van der Waals surface area contributed by atoms with E-state index >= 15 is 0 Å². The number of carbonyl (C=O) groups is 2. The fourth-order valence-corrected chi connectivity index (χ4v) is 5.24. The van der Waals surface area contributed by atoms with Crippen molar-refractivity contribution in [3.8, 4) is 5.75 Å². The van der Waals surface area contributed by atoms with E-state index in [2.05, 4.69) is 5.32 Å². The molecule has 1 aliphatic heterocycles. The van der Waals surface area contributed by atoms with Gasteiger partial charge >= 0.3 is 0 Å². The number of fused-ring (bicyclic) bond motifs is 3. The lowest BCUT2D eigenvalue weighted by Gasteiger charge is -2.44. The van der Waals surface area contributed by atoms with Gasteiger partial charge in [-0.2, -0.15) is 0 Å². The number of hydrogen-bond acceptors (Lipinski definition) is 4. The van der Waals surface area contributed by atoms with Crippen molar-refractivity contribution in [2.75, 3.05) is 0 Å². The number of furan rings is 1. The number of nitrogens with zero attached hydrogens (tertiary/aromatic N) is 2. The normalized spacial score (nSPS) is 21.2. The molecule has 2 amide bonds. The molecule has 180 valence electrons. The van der Waals surface area contributed by atoms with E-state index in [1.54, 1.807) is 17.2 Å². The van der Waals surface area contributed by atoms with Gasteiger partial charge in [0.1, 0.15) is 17.0 Å².